The van der Waals surface area contributed by atoms with Gasteiger partial charge < -0.3 is 29.5 Å². The first kappa shape index (κ1) is 26.4. The maximum atomic E-state index is 13.8. The Kier molecular flexibility index (Phi) is 7.35. The molecule has 2 heterocycles. The normalized spacial score (nSPS) is 27.0. The van der Waals surface area contributed by atoms with Crippen molar-refractivity contribution < 1.29 is 23.9 Å². The summed E-state index contributed by atoms with van der Waals surface area (Å²) >= 11 is 0. The lowest BCUT2D eigenvalue weighted by Crippen LogP contribution is -2.62. The molecule has 3 amide bonds. The summed E-state index contributed by atoms with van der Waals surface area (Å²) in [5.74, 6) is -0.496. The van der Waals surface area contributed by atoms with Gasteiger partial charge in [0.1, 0.15) is 5.75 Å². The number of fused-ring (bicyclic) bond motifs is 1. The van der Waals surface area contributed by atoms with Crippen LogP contribution in [0.15, 0.2) is 18.2 Å². The van der Waals surface area contributed by atoms with Gasteiger partial charge in [-0.1, -0.05) is 0 Å². The Hall–Kier alpha value is -2.65. The van der Waals surface area contributed by atoms with Gasteiger partial charge in [0.05, 0.1) is 5.69 Å². The molecule has 1 aliphatic carbocycles. The molecule has 36 heavy (non-hydrogen) atoms. The van der Waals surface area contributed by atoms with Crippen molar-refractivity contribution in [2.75, 3.05) is 52.3 Å². The van der Waals surface area contributed by atoms with Gasteiger partial charge in [-0.15, -0.1) is 0 Å². The number of piperidine rings is 1. The van der Waals surface area contributed by atoms with Gasteiger partial charge in [-0.2, -0.15) is 0 Å². The Morgan fingerprint density at radius 1 is 1.31 bits per heavy atom. The SMILES string of the molecule is COCCCN1C(=O)C(C)(C(=O)N(C)C)Oc2ccc(C(=O)N(C(C)C)[C@H]3CC34CCCNC4)cc21. The number of ether oxygens (including phenoxy) is 2. The number of hydrogen-bond acceptors (Lipinski definition) is 6. The van der Waals surface area contributed by atoms with Gasteiger partial charge in [-0.05, 0) is 71.2 Å². The highest BCUT2D eigenvalue weighted by Gasteiger charge is 2.58. The summed E-state index contributed by atoms with van der Waals surface area (Å²) < 4.78 is 11.2. The van der Waals surface area contributed by atoms with Crippen molar-refractivity contribution in [3.05, 3.63) is 23.8 Å². The van der Waals surface area contributed by atoms with Crippen LogP contribution >= 0.6 is 0 Å². The third-order valence-electron chi connectivity index (χ3n) is 7.79. The van der Waals surface area contributed by atoms with E-state index in [2.05, 4.69) is 19.2 Å². The predicted octanol–water partition coefficient (Wildman–Crippen LogP) is 2.29. The average molecular weight is 501 g/mol. The molecule has 198 valence electrons. The highest BCUT2D eigenvalue weighted by Crippen LogP contribution is 2.54. The van der Waals surface area contributed by atoms with Crippen LogP contribution in [0.2, 0.25) is 0 Å². The number of anilines is 1. The highest BCUT2D eigenvalue weighted by molar-refractivity contribution is 6.16. The predicted molar refractivity (Wildman–Crippen MR) is 137 cm³/mol. The Bertz CT molecular complexity index is 1020. The second-order valence-corrected chi connectivity index (χ2v) is 11.0. The van der Waals surface area contributed by atoms with Crippen LogP contribution in [0.4, 0.5) is 5.69 Å². The van der Waals surface area contributed by atoms with E-state index in [0.29, 0.717) is 36.6 Å². The molecule has 2 aliphatic heterocycles. The molecule has 2 unspecified atom stereocenters. The molecular weight excluding hydrogens is 460 g/mol. The topological polar surface area (TPSA) is 91.4 Å². The lowest BCUT2D eigenvalue weighted by molar-refractivity contribution is -0.154. The number of likely N-dealkylation sites (N-methyl/N-ethyl adjacent to an activating group) is 1. The van der Waals surface area contributed by atoms with Crippen molar-refractivity contribution in [1.82, 2.24) is 15.1 Å². The number of hydrogen-bond donors (Lipinski definition) is 1. The molecule has 0 aromatic heterocycles. The van der Waals surface area contributed by atoms with Gasteiger partial charge in [-0.25, -0.2) is 0 Å². The first-order chi connectivity index (χ1) is 17.1. The third-order valence-corrected chi connectivity index (χ3v) is 7.79. The lowest BCUT2D eigenvalue weighted by atomic mass is 9.94. The molecule has 0 radical (unpaired) electrons. The molecule has 1 saturated heterocycles. The molecule has 9 nitrogen and oxygen atoms in total. The molecule has 9 heteroatoms. The second kappa shape index (κ2) is 10.0. The molecule has 0 bridgehead atoms. The van der Waals surface area contributed by atoms with Crippen LogP contribution < -0.4 is 15.0 Å². The molecule has 1 saturated carbocycles. The van der Waals surface area contributed by atoms with Crippen LogP contribution in [-0.4, -0.2) is 92.7 Å². The van der Waals surface area contributed by atoms with E-state index in [-0.39, 0.29) is 23.4 Å². The Labute approximate surface area is 214 Å². The summed E-state index contributed by atoms with van der Waals surface area (Å²) in [6.45, 7) is 8.43. The number of methoxy groups -OCH3 is 1. The minimum Gasteiger partial charge on any atom is -0.465 e. The Balaban J connectivity index is 1.66. The molecule has 2 fully saturated rings. The smallest absolute Gasteiger partial charge is 0.280 e. The van der Waals surface area contributed by atoms with Crippen molar-refractivity contribution in [3.63, 3.8) is 0 Å². The maximum Gasteiger partial charge on any atom is 0.280 e. The number of nitrogens with one attached hydrogen (secondary N) is 1. The van der Waals surface area contributed by atoms with Gasteiger partial charge in [-0.3, -0.25) is 14.4 Å². The minimum absolute atomic E-state index is 0.0396. The fourth-order valence-corrected chi connectivity index (χ4v) is 5.78. The highest BCUT2D eigenvalue weighted by atomic mass is 16.5. The van der Waals surface area contributed by atoms with E-state index in [1.54, 1.807) is 44.3 Å². The average Bonchev–Trinajstić information content (AvgIpc) is 3.51. The van der Waals surface area contributed by atoms with E-state index in [9.17, 15) is 14.4 Å². The number of carbonyl (C=O) groups is 3. The van der Waals surface area contributed by atoms with Crippen LogP contribution in [0, 0.1) is 5.41 Å². The molecule has 1 N–H and O–H groups in total. The van der Waals surface area contributed by atoms with Crippen LogP contribution in [0.3, 0.4) is 0 Å². The molecule has 4 rings (SSSR count). The number of benzene rings is 1. The van der Waals surface area contributed by atoms with Crippen LogP contribution in [0.1, 0.15) is 56.8 Å². The summed E-state index contributed by atoms with van der Waals surface area (Å²) in [5.41, 5.74) is -0.470. The van der Waals surface area contributed by atoms with E-state index < -0.39 is 17.4 Å². The van der Waals surface area contributed by atoms with E-state index in [0.717, 1.165) is 32.4 Å². The number of nitrogens with zero attached hydrogens (tertiary/aromatic N) is 3. The summed E-state index contributed by atoms with van der Waals surface area (Å²) in [5, 5.41) is 3.50. The van der Waals surface area contributed by atoms with E-state index in [1.807, 2.05) is 4.90 Å². The first-order valence-electron chi connectivity index (χ1n) is 12.9. The Morgan fingerprint density at radius 2 is 2.06 bits per heavy atom. The molecule has 1 spiro atoms. The van der Waals surface area contributed by atoms with Gasteiger partial charge >= 0.3 is 0 Å². The minimum atomic E-state index is -1.67. The molecule has 3 atom stereocenters. The molecule has 1 aromatic rings. The zero-order valence-electron chi connectivity index (χ0n) is 22.4. The molecular formula is C27H40N4O5. The van der Waals surface area contributed by atoms with Gasteiger partial charge in [0.2, 0.25) is 0 Å². The van der Waals surface area contributed by atoms with Crippen LogP contribution in [-0.2, 0) is 14.3 Å². The van der Waals surface area contributed by atoms with E-state index in [1.165, 1.54) is 11.8 Å². The number of amides is 3. The van der Waals surface area contributed by atoms with Crippen LogP contribution in [0.5, 0.6) is 5.75 Å². The van der Waals surface area contributed by atoms with Gasteiger partial charge in [0.25, 0.3) is 23.3 Å². The van der Waals surface area contributed by atoms with Crippen molar-refractivity contribution in [1.29, 1.82) is 0 Å². The zero-order valence-corrected chi connectivity index (χ0v) is 22.4. The fourth-order valence-electron chi connectivity index (χ4n) is 5.78. The summed E-state index contributed by atoms with van der Waals surface area (Å²) in [4.78, 5) is 45.3. The summed E-state index contributed by atoms with van der Waals surface area (Å²) in [6.07, 6.45) is 3.88. The quantitative estimate of drug-likeness (QED) is 0.435. The number of carbonyl (C=O) groups excluding carboxylic acids is 3. The monoisotopic (exact) mass is 500 g/mol. The van der Waals surface area contributed by atoms with Crippen molar-refractivity contribution in [2.45, 2.75) is 64.1 Å². The first-order valence-corrected chi connectivity index (χ1v) is 12.9. The van der Waals surface area contributed by atoms with E-state index in [4.69, 9.17) is 9.47 Å². The lowest BCUT2D eigenvalue weighted by Gasteiger charge is -2.41. The molecule has 3 aliphatic rings. The maximum absolute atomic E-state index is 13.8. The second-order valence-electron chi connectivity index (χ2n) is 11.0. The van der Waals surface area contributed by atoms with Crippen molar-refractivity contribution >= 4 is 23.4 Å². The standard InChI is InChI=1S/C27H40N4O5/c1-18(2)31(22-16-27(22)11-7-12-28-17-27)23(32)19-9-10-21-20(15-19)30(13-8-14-35-6)25(34)26(3,36-21)24(33)29(4)5/h9-10,15,18,22,28H,7-8,11-14,16-17H2,1-6H3/t22-,26?,27?/m0/s1. The third kappa shape index (κ3) is 4.59. The van der Waals surface area contributed by atoms with Gasteiger partial charge in [0.15, 0.2) is 0 Å². The summed E-state index contributed by atoms with van der Waals surface area (Å²) in [6, 6.07) is 5.46. The number of rotatable bonds is 8. The largest absolute Gasteiger partial charge is 0.465 e. The fraction of sp³-hybridized carbons (Fsp3) is 0.667. The van der Waals surface area contributed by atoms with Crippen LogP contribution in [0.25, 0.3) is 0 Å². The van der Waals surface area contributed by atoms with Crippen molar-refractivity contribution in [2.24, 2.45) is 5.41 Å². The molecule has 1 aromatic carbocycles. The Morgan fingerprint density at radius 3 is 2.67 bits per heavy atom. The summed E-state index contributed by atoms with van der Waals surface area (Å²) in [7, 11) is 4.81. The van der Waals surface area contributed by atoms with Crippen molar-refractivity contribution in [3.8, 4) is 5.75 Å². The van der Waals surface area contributed by atoms with Gasteiger partial charge in [0, 0.05) is 64.0 Å². The zero-order chi connectivity index (χ0) is 26.3. The van der Waals surface area contributed by atoms with E-state index >= 15 is 0 Å².